The summed E-state index contributed by atoms with van der Waals surface area (Å²) in [7, 11) is 1.59. The van der Waals surface area contributed by atoms with Crippen LogP contribution in [0.3, 0.4) is 0 Å². The Balaban J connectivity index is 0.000000165. The fourth-order valence-corrected chi connectivity index (χ4v) is 1.01. The second-order valence-corrected chi connectivity index (χ2v) is 3.03. The third kappa shape index (κ3) is 4.37. The van der Waals surface area contributed by atoms with Crippen LogP contribution in [0.1, 0.15) is 0 Å². The third-order valence-electron chi connectivity index (χ3n) is 1.83. The number of rotatable bonds is 1. The molecule has 0 fully saturated rings. The zero-order valence-electron chi connectivity index (χ0n) is 9.00. The first-order chi connectivity index (χ1) is 7.72. The van der Waals surface area contributed by atoms with E-state index in [9.17, 15) is 0 Å². The highest BCUT2D eigenvalue weighted by Gasteiger charge is 1.87. The first kappa shape index (κ1) is 11.9. The zero-order chi connectivity index (χ0) is 11.8. The van der Waals surface area contributed by atoms with Crippen LogP contribution in [0.2, 0.25) is 0 Å². The Hall–Kier alpha value is -2.16. The van der Waals surface area contributed by atoms with E-state index in [-0.39, 0.29) is 5.75 Å². The lowest BCUT2D eigenvalue weighted by Gasteiger charge is -1.96. The molecule has 2 rings (SSSR count). The van der Waals surface area contributed by atoms with Gasteiger partial charge in [0.15, 0.2) is 0 Å². The van der Waals surface area contributed by atoms with E-state index in [0.717, 1.165) is 5.75 Å². The van der Waals surface area contributed by atoms with Gasteiger partial charge < -0.3 is 14.9 Å². The van der Waals surface area contributed by atoms with Crippen LogP contribution in [-0.4, -0.2) is 17.3 Å². The molecule has 0 atom stereocenters. The average Bonchev–Trinajstić information content (AvgIpc) is 2.32. The van der Waals surface area contributed by atoms with E-state index in [1.54, 1.807) is 55.6 Å². The van der Waals surface area contributed by atoms with Gasteiger partial charge in [-0.25, -0.2) is 0 Å². The lowest BCUT2D eigenvalue weighted by molar-refractivity contribution is 0.412. The second kappa shape index (κ2) is 6.35. The van der Waals surface area contributed by atoms with Crippen LogP contribution in [0.5, 0.6) is 17.2 Å². The van der Waals surface area contributed by atoms with Gasteiger partial charge in [-0.3, -0.25) is 0 Å². The monoisotopic (exact) mass is 218 g/mol. The van der Waals surface area contributed by atoms with E-state index in [2.05, 4.69) is 0 Å². The number of aromatic hydroxyl groups is 2. The molecule has 0 aliphatic heterocycles. The number of para-hydroxylation sites is 1. The van der Waals surface area contributed by atoms with E-state index < -0.39 is 0 Å². The number of benzene rings is 2. The summed E-state index contributed by atoms with van der Waals surface area (Å²) in [5, 5.41) is 17.4. The minimum Gasteiger partial charge on any atom is -0.508 e. The normalized spacial score (nSPS) is 8.81. The molecule has 2 N–H and O–H groups in total. The number of hydrogen-bond acceptors (Lipinski definition) is 3. The minimum atomic E-state index is 0.260. The van der Waals surface area contributed by atoms with E-state index in [1.165, 1.54) is 0 Å². The van der Waals surface area contributed by atoms with Crippen molar-refractivity contribution >= 4 is 0 Å². The SMILES string of the molecule is COc1ccc(O)cc1.Oc1ccccc1. The maximum Gasteiger partial charge on any atom is 0.119 e. The van der Waals surface area contributed by atoms with Crippen LogP contribution in [-0.2, 0) is 0 Å². The minimum absolute atomic E-state index is 0.260. The smallest absolute Gasteiger partial charge is 0.119 e. The molecule has 0 radical (unpaired) electrons. The maximum atomic E-state index is 8.80. The fourth-order valence-electron chi connectivity index (χ4n) is 1.01. The highest BCUT2D eigenvalue weighted by atomic mass is 16.5. The number of methoxy groups -OCH3 is 1. The van der Waals surface area contributed by atoms with Crippen molar-refractivity contribution in [3.8, 4) is 17.2 Å². The van der Waals surface area contributed by atoms with Gasteiger partial charge in [-0.15, -0.1) is 0 Å². The molecule has 0 saturated carbocycles. The molecule has 0 saturated heterocycles. The number of phenols is 2. The molecule has 2 aromatic rings. The van der Waals surface area contributed by atoms with E-state index in [4.69, 9.17) is 14.9 Å². The quantitative estimate of drug-likeness (QED) is 0.773. The largest absolute Gasteiger partial charge is 0.508 e. The predicted molar refractivity (Wildman–Crippen MR) is 62.8 cm³/mol. The maximum absolute atomic E-state index is 8.80. The summed E-state index contributed by atoms with van der Waals surface area (Å²) in [6.45, 7) is 0. The summed E-state index contributed by atoms with van der Waals surface area (Å²) < 4.78 is 4.86. The van der Waals surface area contributed by atoms with Gasteiger partial charge in [0.05, 0.1) is 7.11 Å². The molecule has 0 aromatic heterocycles. The Morgan fingerprint density at radius 1 is 0.750 bits per heavy atom. The highest BCUT2D eigenvalue weighted by Crippen LogP contribution is 2.14. The van der Waals surface area contributed by atoms with Crippen molar-refractivity contribution in [2.24, 2.45) is 0 Å². The molecule has 0 aliphatic rings. The summed E-state index contributed by atoms with van der Waals surface area (Å²) in [4.78, 5) is 0. The summed E-state index contributed by atoms with van der Waals surface area (Å²) in [5.41, 5.74) is 0. The van der Waals surface area contributed by atoms with Gasteiger partial charge in [0.1, 0.15) is 17.2 Å². The zero-order valence-corrected chi connectivity index (χ0v) is 9.00. The van der Waals surface area contributed by atoms with Crippen molar-refractivity contribution in [3.63, 3.8) is 0 Å². The Morgan fingerprint density at radius 2 is 1.25 bits per heavy atom. The molecule has 84 valence electrons. The first-order valence-electron chi connectivity index (χ1n) is 4.79. The molecule has 0 aliphatic carbocycles. The number of ether oxygens (including phenoxy) is 1. The number of phenolic OH excluding ortho intramolecular Hbond substituents is 2. The molecule has 0 spiro atoms. The molecule has 3 nitrogen and oxygen atoms in total. The molecule has 3 heteroatoms. The van der Waals surface area contributed by atoms with Gasteiger partial charge in [0, 0.05) is 0 Å². The first-order valence-corrected chi connectivity index (χ1v) is 4.79. The van der Waals surface area contributed by atoms with Crippen LogP contribution in [0.15, 0.2) is 54.6 Å². The molecule has 0 unspecified atom stereocenters. The van der Waals surface area contributed by atoms with Crippen LogP contribution < -0.4 is 4.74 Å². The van der Waals surface area contributed by atoms with Gasteiger partial charge in [-0.05, 0) is 36.4 Å². The third-order valence-corrected chi connectivity index (χ3v) is 1.83. The summed E-state index contributed by atoms with van der Waals surface area (Å²) >= 11 is 0. The Morgan fingerprint density at radius 3 is 1.62 bits per heavy atom. The van der Waals surface area contributed by atoms with E-state index in [1.807, 2.05) is 6.07 Å². The second-order valence-electron chi connectivity index (χ2n) is 3.03. The number of hydrogen-bond donors (Lipinski definition) is 2. The van der Waals surface area contributed by atoms with Crippen molar-refractivity contribution < 1.29 is 14.9 Å². The van der Waals surface area contributed by atoms with Gasteiger partial charge in [-0.1, -0.05) is 18.2 Å². The molecular weight excluding hydrogens is 204 g/mol. The van der Waals surface area contributed by atoms with Gasteiger partial charge in [-0.2, -0.15) is 0 Å². The van der Waals surface area contributed by atoms with Crippen molar-refractivity contribution in [3.05, 3.63) is 54.6 Å². The van der Waals surface area contributed by atoms with E-state index >= 15 is 0 Å². The van der Waals surface area contributed by atoms with Crippen molar-refractivity contribution in [2.45, 2.75) is 0 Å². The van der Waals surface area contributed by atoms with E-state index in [0.29, 0.717) is 5.75 Å². The summed E-state index contributed by atoms with van der Waals surface area (Å²) in [6, 6.07) is 15.3. The van der Waals surface area contributed by atoms with Gasteiger partial charge >= 0.3 is 0 Å². The van der Waals surface area contributed by atoms with Crippen molar-refractivity contribution in [1.29, 1.82) is 0 Å². The lowest BCUT2D eigenvalue weighted by atomic mass is 10.3. The summed E-state index contributed by atoms with van der Waals surface area (Å²) in [6.07, 6.45) is 0. The molecule has 0 heterocycles. The van der Waals surface area contributed by atoms with Crippen LogP contribution >= 0.6 is 0 Å². The molecule has 0 amide bonds. The standard InChI is InChI=1S/C7H8O2.C6H6O/c1-9-7-4-2-6(8)3-5-7;7-6-4-2-1-3-5-6/h2-5,8H,1H3;1-5,7H. The Bertz CT molecular complexity index is 395. The van der Waals surface area contributed by atoms with Crippen molar-refractivity contribution in [1.82, 2.24) is 0 Å². The molecule has 2 aromatic carbocycles. The van der Waals surface area contributed by atoms with Gasteiger partial charge in [0.2, 0.25) is 0 Å². The topological polar surface area (TPSA) is 49.7 Å². The van der Waals surface area contributed by atoms with Crippen LogP contribution in [0.4, 0.5) is 0 Å². The molecule has 16 heavy (non-hydrogen) atoms. The highest BCUT2D eigenvalue weighted by molar-refractivity contribution is 5.29. The van der Waals surface area contributed by atoms with Gasteiger partial charge in [0.25, 0.3) is 0 Å². The van der Waals surface area contributed by atoms with Crippen molar-refractivity contribution in [2.75, 3.05) is 7.11 Å². The predicted octanol–water partition coefficient (Wildman–Crippen LogP) is 2.79. The molecule has 0 bridgehead atoms. The lowest BCUT2D eigenvalue weighted by Crippen LogP contribution is -1.79. The average molecular weight is 218 g/mol. The molecular formula is C13H14O3. The Kier molecular flexibility index (Phi) is 4.73. The Labute approximate surface area is 94.6 Å². The summed E-state index contributed by atoms with van der Waals surface area (Å²) in [5.74, 6) is 1.34. The van der Waals surface area contributed by atoms with Crippen LogP contribution in [0, 0.1) is 0 Å². The van der Waals surface area contributed by atoms with Crippen LogP contribution in [0.25, 0.3) is 0 Å². The fraction of sp³-hybridized carbons (Fsp3) is 0.0769.